The minimum atomic E-state index is 0.408. The molecule has 18 aromatic rings. The highest BCUT2D eigenvalue weighted by Gasteiger charge is 2.34. The number of nitrogens with zero attached hydrogens (tertiary/aromatic N) is 13. The number of hydrogen-bond acceptors (Lipinski definition) is 10. The van der Waals surface area contributed by atoms with Crippen molar-refractivity contribution < 1.29 is 0 Å². The third kappa shape index (κ3) is 8.85. The van der Waals surface area contributed by atoms with Crippen LogP contribution in [0, 0.1) is 0 Å². The van der Waals surface area contributed by atoms with Gasteiger partial charge in [0.25, 0.3) is 0 Å². The second-order valence-electron chi connectivity index (χ2n) is 22.8. The SMILES string of the molecule is c1ccc(-c2nc(-c3ccccc3)nc(-c3cnc(-c4c(-n5c6ccccc6c6ccccc65)c(-n5c6ccccc6c6ccccc65)c5c6ccccc6n(-c6ccccc6)c5c4-c4ncc(-c5nc(-c6ccccc6)nc(-c6ccccc6)n5)cn4)nc3)n2)cc1. The van der Waals surface area contributed by atoms with Crippen molar-refractivity contribution in [3.8, 4) is 108 Å². The predicted molar refractivity (Wildman–Crippen MR) is 371 cm³/mol. The van der Waals surface area contributed by atoms with Crippen LogP contribution < -0.4 is 0 Å². The summed E-state index contributed by atoms with van der Waals surface area (Å²) < 4.78 is 7.22. The quantitative estimate of drug-likeness (QED) is 0.123. The van der Waals surface area contributed by atoms with Crippen LogP contribution in [0.3, 0.4) is 0 Å². The van der Waals surface area contributed by atoms with E-state index in [4.69, 9.17) is 49.8 Å². The smallest absolute Gasteiger partial charge is 0.167 e. The van der Waals surface area contributed by atoms with Crippen molar-refractivity contribution in [1.29, 1.82) is 0 Å². The minimum absolute atomic E-state index is 0.408. The molecule has 13 nitrogen and oxygen atoms in total. The lowest BCUT2D eigenvalue weighted by molar-refractivity contribution is 1.05. The summed E-state index contributed by atoms with van der Waals surface area (Å²) >= 11 is 0. The van der Waals surface area contributed by atoms with Crippen LogP contribution in [-0.4, -0.2) is 63.5 Å². The number of hydrogen-bond donors (Lipinski definition) is 0. The molecule has 0 unspecified atom stereocenters. The number of benzene rings is 11. The summed E-state index contributed by atoms with van der Waals surface area (Å²) in [6.45, 7) is 0. The van der Waals surface area contributed by atoms with E-state index in [0.717, 1.165) is 105 Å². The maximum absolute atomic E-state index is 5.57. The highest BCUT2D eigenvalue weighted by molar-refractivity contribution is 6.24. The van der Waals surface area contributed by atoms with Gasteiger partial charge in [-0.2, -0.15) is 0 Å². The van der Waals surface area contributed by atoms with E-state index >= 15 is 0 Å². The van der Waals surface area contributed by atoms with Crippen LogP contribution >= 0.6 is 0 Å². The van der Waals surface area contributed by atoms with Crippen LogP contribution in [0.4, 0.5) is 0 Å². The van der Waals surface area contributed by atoms with Crippen LogP contribution in [-0.2, 0) is 0 Å². The van der Waals surface area contributed by atoms with E-state index < -0.39 is 0 Å². The average Bonchev–Trinajstić information content (AvgIpc) is 1.56. The molecule has 13 heteroatoms. The van der Waals surface area contributed by atoms with Gasteiger partial charge in [-0.15, -0.1) is 0 Å². The Hall–Kier alpha value is -13.0. The minimum Gasteiger partial charge on any atom is -0.308 e. The maximum atomic E-state index is 5.57. The van der Waals surface area contributed by atoms with Crippen molar-refractivity contribution >= 4 is 65.4 Å². The van der Waals surface area contributed by atoms with E-state index in [1.807, 2.05) is 146 Å². The molecule has 7 heterocycles. The van der Waals surface area contributed by atoms with Crippen LogP contribution in [0.25, 0.3) is 174 Å². The van der Waals surface area contributed by atoms with Gasteiger partial charge >= 0.3 is 0 Å². The van der Waals surface area contributed by atoms with Crippen molar-refractivity contribution in [2.24, 2.45) is 0 Å². The molecule has 0 N–H and O–H groups in total. The molecule has 0 bridgehead atoms. The molecule has 0 aliphatic rings. The lowest BCUT2D eigenvalue weighted by atomic mass is 9.95. The second-order valence-corrected chi connectivity index (χ2v) is 22.8. The zero-order valence-corrected chi connectivity index (χ0v) is 49.6. The summed E-state index contributed by atoms with van der Waals surface area (Å²) in [6, 6.07) is 93.7. The van der Waals surface area contributed by atoms with E-state index in [-0.39, 0.29) is 0 Å². The lowest BCUT2D eigenvalue weighted by Gasteiger charge is -2.25. The number of fused-ring (bicyclic) bond motifs is 9. The molecule has 0 atom stereocenters. The van der Waals surface area contributed by atoms with Gasteiger partial charge in [0, 0.05) is 85.0 Å². The first-order valence-electron chi connectivity index (χ1n) is 30.7. The first kappa shape index (κ1) is 53.1. The molecule has 18 rings (SSSR count). The molecule has 0 radical (unpaired) electrons. The Morgan fingerprint density at radius 1 is 0.204 bits per heavy atom. The van der Waals surface area contributed by atoms with Crippen molar-refractivity contribution in [2.45, 2.75) is 0 Å². The van der Waals surface area contributed by atoms with Crippen molar-refractivity contribution in [2.75, 3.05) is 0 Å². The number of para-hydroxylation sites is 6. The van der Waals surface area contributed by atoms with Crippen LogP contribution in [0.2, 0.25) is 0 Å². The Morgan fingerprint density at radius 3 is 0.828 bits per heavy atom. The number of rotatable bonds is 11. The summed E-state index contributed by atoms with van der Waals surface area (Å²) in [4.78, 5) is 52.8. The van der Waals surface area contributed by atoms with Gasteiger partial charge in [0.05, 0.1) is 66.7 Å². The molecule has 93 heavy (non-hydrogen) atoms. The highest BCUT2D eigenvalue weighted by Crippen LogP contribution is 2.52. The molecular formula is C80H49N13. The van der Waals surface area contributed by atoms with Gasteiger partial charge in [-0.1, -0.05) is 231 Å². The fraction of sp³-hybridized carbons (Fsp3) is 0. The van der Waals surface area contributed by atoms with Crippen LogP contribution in [0.1, 0.15) is 0 Å². The highest BCUT2D eigenvalue weighted by atomic mass is 15.1. The third-order valence-electron chi connectivity index (χ3n) is 17.3. The van der Waals surface area contributed by atoms with Gasteiger partial charge < -0.3 is 13.7 Å². The molecule has 0 spiro atoms. The van der Waals surface area contributed by atoms with Gasteiger partial charge in [-0.25, -0.2) is 49.8 Å². The van der Waals surface area contributed by atoms with Gasteiger partial charge in [0.2, 0.25) is 0 Å². The molecule has 0 saturated heterocycles. The van der Waals surface area contributed by atoms with E-state index in [2.05, 4.69) is 165 Å². The normalized spacial score (nSPS) is 11.7. The first-order chi connectivity index (χ1) is 46.2. The Labute approximate surface area is 532 Å². The Morgan fingerprint density at radius 2 is 0.473 bits per heavy atom. The first-order valence-corrected chi connectivity index (χ1v) is 30.7. The summed E-state index contributed by atoms with van der Waals surface area (Å²) in [6.07, 6.45) is 7.31. The summed E-state index contributed by atoms with van der Waals surface area (Å²) in [5.41, 5.74) is 14.5. The molecular weight excluding hydrogens is 1140 g/mol. The molecule has 0 saturated carbocycles. The standard InChI is InChI=1S/C80H49N13/c1-6-26-50(27-7-1)73-85-74(51-28-8-2-9-29-51)88-77(87-73)54-46-81-79(82-47-54)68-69(80-83-48-55(49-84-80)78-89-75(52-30-10-3-11-31-52)86-76(90-78)53-32-12-4-13-33-53)72(93-64-43-23-18-38-59(64)60-39-19-24-44-65(60)93)71(92-62-41-21-16-36-57(62)58-37-17-22-42-63(58)92)67-61-40-20-25-45-66(61)91(70(67)68)56-34-14-5-15-35-56/h1-49H. The van der Waals surface area contributed by atoms with Gasteiger partial charge in [-0.3, -0.25) is 0 Å². The van der Waals surface area contributed by atoms with E-state index in [0.29, 0.717) is 68.8 Å². The molecule has 7 aromatic heterocycles. The fourth-order valence-corrected chi connectivity index (χ4v) is 13.3. The molecule has 0 fully saturated rings. The lowest BCUT2D eigenvalue weighted by Crippen LogP contribution is -2.11. The Kier molecular flexibility index (Phi) is 12.5. The van der Waals surface area contributed by atoms with Gasteiger partial charge in [-0.05, 0) is 42.5 Å². The van der Waals surface area contributed by atoms with Crippen LogP contribution in [0.15, 0.2) is 298 Å². The second kappa shape index (κ2) is 21.9. The zero-order valence-electron chi connectivity index (χ0n) is 49.6. The van der Waals surface area contributed by atoms with Crippen LogP contribution in [0.5, 0.6) is 0 Å². The zero-order chi connectivity index (χ0) is 61.3. The molecule has 0 aliphatic heterocycles. The van der Waals surface area contributed by atoms with Crippen molar-refractivity contribution in [3.05, 3.63) is 298 Å². The third-order valence-corrected chi connectivity index (χ3v) is 17.3. The fourth-order valence-electron chi connectivity index (χ4n) is 13.3. The van der Waals surface area contributed by atoms with E-state index in [1.54, 1.807) is 0 Å². The molecule has 0 aliphatic carbocycles. The van der Waals surface area contributed by atoms with Crippen molar-refractivity contribution in [3.63, 3.8) is 0 Å². The van der Waals surface area contributed by atoms with Gasteiger partial charge in [0.1, 0.15) is 0 Å². The number of aromatic nitrogens is 13. The topological polar surface area (TPSA) is 144 Å². The maximum Gasteiger partial charge on any atom is 0.167 e. The van der Waals surface area contributed by atoms with Crippen molar-refractivity contribution in [1.82, 2.24) is 63.5 Å². The van der Waals surface area contributed by atoms with E-state index in [9.17, 15) is 0 Å². The summed E-state index contributed by atoms with van der Waals surface area (Å²) in [5, 5.41) is 6.36. The summed E-state index contributed by atoms with van der Waals surface area (Å²) in [5.74, 6) is 3.79. The predicted octanol–water partition coefficient (Wildman–Crippen LogP) is 18.3. The van der Waals surface area contributed by atoms with E-state index in [1.165, 1.54) is 0 Å². The molecule has 0 amide bonds. The Bertz CT molecular complexity index is 5670. The summed E-state index contributed by atoms with van der Waals surface area (Å²) in [7, 11) is 0. The Balaban J connectivity index is 1.00. The molecule has 11 aromatic carbocycles. The molecule has 434 valence electrons. The van der Waals surface area contributed by atoms with Gasteiger partial charge in [0.15, 0.2) is 46.6 Å². The average molecular weight is 1190 g/mol. The monoisotopic (exact) mass is 1190 g/mol. The largest absolute Gasteiger partial charge is 0.308 e.